The minimum Gasteiger partial charge on any atom is -0.376 e. The van der Waals surface area contributed by atoms with E-state index < -0.39 is 34.8 Å². The first-order chi connectivity index (χ1) is 11.8. The molecule has 3 N–H and O–H groups in total. The third-order valence-electron chi connectivity index (χ3n) is 3.61. The third kappa shape index (κ3) is 3.96. The lowest BCUT2D eigenvalue weighted by molar-refractivity contribution is -0.258. The second-order valence-electron chi connectivity index (χ2n) is 5.58. The van der Waals surface area contributed by atoms with Crippen LogP contribution in [0.15, 0.2) is 42.7 Å². The Bertz CT molecular complexity index is 814. The van der Waals surface area contributed by atoms with Crippen LogP contribution in [0.4, 0.5) is 37.7 Å². The van der Waals surface area contributed by atoms with Crippen molar-refractivity contribution >= 4 is 17.1 Å². The van der Waals surface area contributed by atoms with Gasteiger partial charge in [0, 0.05) is 23.0 Å². The molecule has 0 aliphatic heterocycles. The van der Waals surface area contributed by atoms with Crippen molar-refractivity contribution in [3.8, 4) is 0 Å². The van der Waals surface area contributed by atoms with Gasteiger partial charge in [0.2, 0.25) is 0 Å². The Morgan fingerprint density at radius 1 is 1.08 bits per heavy atom. The maximum Gasteiger partial charge on any atom is 0.433 e. The van der Waals surface area contributed by atoms with Gasteiger partial charge in [-0.2, -0.15) is 26.3 Å². The van der Waals surface area contributed by atoms with Crippen LogP contribution in [0.2, 0.25) is 0 Å². The molecule has 0 fully saturated rings. The second-order valence-corrected chi connectivity index (χ2v) is 5.58. The topological polar surface area (TPSA) is 69.0 Å². The number of aliphatic hydroxyl groups is 1. The van der Waals surface area contributed by atoms with E-state index in [1.807, 2.05) is 0 Å². The van der Waals surface area contributed by atoms with E-state index in [4.69, 9.17) is 5.41 Å². The van der Waals surface area contributed by atoms with Gasteiger partial charge in [0.05, 0.1) is 11.9 Å². The molecule has 0 bridgehead atoms. The van der Waals surface area contributed by atoms with Crippen molar-refractivity contribution in [1.29, 1.82) is 5.41 Å². The van der Waals surface area contributed by atoms with Crippen LogP contribution < -0.4 is 5.32 Å². The van der Waals surface area contributed by atoms with Crippen LogP contribution >= 0.6 is 0 Å². The maximum absolute atomic E-state index is 12.9. The molecule has 0 aliphatic rings. The van der Waals surface area contributed by atoms with Crippen LogP contribution in [0, 0.1) is 5.41 Å². The van der Waals surface area contributed by atoms with E-state index in [2.05, 4.69) is 10.3 Å². The standard InChI is InChI=1S/C16H13F6N3O/c1-14(26,16(20,21)22)9-6-10(8-24-7-9)25-12-5-3-2-4-11(12)13(23)15(17,18)19/h2-8,23,25-26H,1H3/t14-/m0/s1. The molecular formula is C16H13F6N3O. The van der Waals surface area contributed by atoms with Crippen molar-refractivity contribution in [3.63, 3.8) is 0 Å². The van der Waals surface area contributed by atoms with Gasteiger partial charge < -0.3 is 10.4 Å². The molecule has 2 aromatic rings. The molecular weight excluding hydrogens is 364 g/mol. The Hall–Kier alpha value is -2.62. The summed E-state index contributed by atoms with van der Waals surface area (Å²) < 4.78 is 77.1. The maximum atomic E-state index is 12.9. The fourth-order valence-electron chi connectivity index (χ4n) is 2.06. The molecule has 0 saturated heterocycles. The average Bonchev–Trinajstić information content (AvgIpc) is 2.53. The summed E-state index contributed by atoms with van der Waals surface area (Å²) in [4.78, 5) is 3.59. The first kappa shape index (κ1) is 19.7. The molecule has 0 spiro atoms. The number of pyridine rings is 1. The largest absolute Gasteiger partial charge is 0.433 e. The van der Waals surface area contributed by atoms with Gasteiger partial charge in [-0.05, 0) is 19.1 Å². The fourth-order valence-corrected chi connectivity index (χ4v) is 2.06. The number of halogens is 6. The summed E-state index contributed by atoms with van der Waals surface area (Å²) in [6.45, 7) is 0.543. The molecule has 0 saturated carbocycles. The smallest absolute Gasteiger partial charge is 0.376 e. The van der Waals surface area contributed by atoms with E-state index in [1.54, 1.807) is 0 Å². The zero-order valence-corrected chi connectivity index (χ0v) is 13.2. The van der Waals surface area contributed by atoms with E-state index in [-0.39, 0.29) is 11.4 Å². The molecule has 2 rings (SSSR count). The Labute approximate surface area is 144 Å². The molecule has 1 aromatic carbocycles. The van der Waals surface area contributed by atoms with Crippen LogP contribution in [-0.4, -0.2) is 28.2 Å². The van der Waals surface area contributed by atoms with Crippen LogP contribution in [-0.2, 0) is 5.60 Å². The minimum atomic E-state index is -4.97. The van der Waals surface area contributed by atoms with Gasteiger partial charge in [-0.25, -0.2) is 0 Å². The Morgan fingerprint density at radius 2 is 1.69 bits per heavy atom. The van der Waals surface area contributed by atoms with E-state index in [0.29, 0.717) is 6.92 Å². The fraction of sp³-hybridized carbons (Fsp3) is 0.250. The number of benzene rings is 1. The van der Waals surface area contributed by atoms with Crippen molar-refractivity contribution in [2.24, 2.45) is 0 Å². The van der Waals surface area contributed by atoms with Crippen LogP contribution in [0.1, 0.15) is 18.1 Å². The van der Waals surface area contributed by atoms with Gasteiger partial charge in [-0.1, -0.05) is 18.2 Å². The lowest BCUT2D eigenvalue weighted by atomic mass is 9.97. The van der Waals surface area contributed by atoms with Crippen LogP contribution in [0.3, 0.4) is 0 Å². The third-order valence-corrected chi connectivity index (χ3v) is 3.61. The van der Waals surface area contributed by atoms with Crippen molar-refractivity contribution in [1.82, 2.24) is 4.98 Å². The molecule has 1 heterocycles. The number of alkyl halides is 6. The molecule has 4 nitrogen and oxygen atoms in total. The van der Waals surface area contributed by atoms with E-state index in [0.717, 1.165) is 24.5 Å². The normalized spacial score (nSPS) is 14.6. The van der Waals surface area contributed by atoms with Crippen molar-refractivity contribution in [2.45, 2.75) is 24.9 Å². The van der Waals surface area contributed by atoms with Gasteiger partial charge in [-0.15, -0.1) is 0 Å². The van der Waals surface area contributed by atoms with Gasteiger partial charge in [0.15, 0.2) is 5.60 Å². The summed E-state index contributed by atoms with van der Waals surface area (Å²) in [5.41, 5.74) is -6.07. The van der Waals surface area contributed by atoms with Crippen molar-refractivity contribution < 1.29 is 31.4 Å². The minimum absolute atomic E-state index is 0.0746. The molecule has 1 atom stereocenters. The SMILES string of the molecule is C[C@](O)(c1cncc(Nc2ccccc2C(=N)C(F)(F)F)c1)C(F)(F)F. The number of rotatable bonds is 4. The summed E-state index contributed by atoms with van der Waals surface area (Å²) >= 11 is 0. The number of hydrogen-bond acceptors (Lipinski definition) is 4. The first-order valence-electron chi connectivity index (χ1n) is 7.11. The molecule has 0 unspecified atom stereocenters. The molecule has 10 heteroatoms. The highest BCUT2D eigenvalue weighted by Gasteiger charge is 2.51. The van der Waals surface area contributed by atoms with Crippen LogP contribution in [0.5, 0.6) is 0 Å². The average molecular weight is 377 g/mol. The number of anilines is 2. The number of hydrogen-bond donors (Lipinski definition) is 3. The van der Waals surface area contributed by atoms with Crippen molar-refractivity contribution in [3.05, 3.63) is 53.9 Å². The summed E-state index contributed by atoms with van der Waals surface area (Å²) in [5.74, 6) is 0. The molecule has 0 aliphatic carbocycles. The van der Waals surface area contributed by atoms with Gasteiger partial charge in [0.25, 0.3) is 0 Å². The highest BCUT2D eigenvalue weighted by molar-refractivity contribution is 6.07. The quantitative estimate of drug-likeness (QED) is 0.542. The van der Waals surface area contributed by atoms with E-state index in [1.165, 1.54) is 18.2 Å². The summed E-state index contributed by atoms with van der Waals surface area (Å²) in [6, 6.07) is 5.92. The summed E-state index contributed by atoms with van der Waals surface area (Å²) in [6.07, 6.45) is -7.96. The van der Waals surface area contributed by atoms with Gasteiger partial charge >= 0.3 is 12.4 Å². The first-order valence-corrected chi connectivity index (χ1v) is 7.11. The Kier molecular flexibility index (Phi) is 5.00. The number of aromatic nitrogens is 1. The molecule has 0 amide bonds. The zero-order valence-electron chi connectivity index (χ0n) is 13.2. The predicted octanol–water partition coefficient (Wildman–Crippen LogP) is 4.53. The van der Waals surface area contributed by atoms with Crippen LogP contribution in [0.25, 0.3) is 0 Å². The predicted molar refractivity (Wildman–Crippen MR) is 82.5 cm³/mol. The van der Waals surface area contributed by atoms with Crippen molar-refractivity contribution in [2.75, 3.05) is 5.32 Å². The lowest BCUT2D eigenvalue weighted by Crippen LogP contribution is -2.39. The number of para-hydroxylation sites is 1. The number of nitrogens with one attached hydrogen (secondary N) is 2. The summed E-state index contributed by atoms with van der Waals surface area (Å²) in [7, 11) is 0. The Balaban J connectivity index is 2.40. The highest BCUT2D eigenvalue weighted by Crippen LogP contribution is 2.39. The van der Waals surface area contributed by atoms with Gasteiger partial charge in [0.1, 0.15) is 5.71 Å². The van der Waals surface area contributed by atoms with Gasteiger partial charge in [-0.3, -0.25) is 10.4 Å². The molecule has 0 radical (unpaired) electrons. The zero-order chi connectivity index (χ0) is 19.8. The Morgan fingerprint density at radius 3 is 2.27 bits per heavy atom. The highest BCUT2D eigenvalue weighted by atomic mass is 19.4. The van der Waals surface area contributed by atoms with E-state index >= 15 is 0 Å². The molecule has 26 heavy (non-hydrogen) atoms. The van der Waals surface area contributed by atoms with E-state index in [9.17, 15) is 31.4 Å². The lowest BCUT2D eigenvalue weighted by Gasteiger charge is -2.26. The summed E-state index contributed by atoms with van der Waals surface area (Å²) in [5, 5.41) is 19.4. The second kappa shape index (κ2) is 6.60. The number of nitrogens with zero attached hydrogens (tertiary/aromatic N) is 1. The molecule has 140 valence electrons. The molecule has 1 aromatic heterocycles. The monoisotopic (exact) mass is 377 g/mol.